The molecule has 106 valence electrons. The molecule has 0 saturated carbocycles. The summed E-state index contributed by atoms with van der Waals surface area (Å²) in [5, 5.41) is 2.28. The Bertz CT molecular complexity index is 704. The molecule has 0 spiro atoms. The fourth-order valence-electron chi connectivity index (χ4n) is 1.64. The van der Waals surface area contributed by atoms with E-state index in [1.54, 1.807) is 31.4 Å². The predicted molar refractivity (Wildman–Crippen MR) is 78.6 cm³/mol. The fourth-order valence-corrected chi connectivity index (χ4v) is 2.44. The Morgan fingerprint density at radius 2 is 2.45 bits per heavy atom. The van der Waals surface area contributed by atoms with Crippen molar-refractivity contribution in [3.63, 3.8) is 0 Å². The number of ether oxygens (including phenoxy) is 1. The summed E-state index contributed by atoms with van der Waals surface area (Å²) in [6, 6.07) is 1.69. The first kappa shape index (κ1) is 14.4. The van der Waals surface area contributed by atoms with E-state index in [2.05, 4.69) is 17.0 Å². The van der Waals surface area contributed by atoms with Crippen LogP contribution in [0, 0.1) is 6.92 Å². The lowest BCUT2D eigenvalue weighted by molar-refractivity contribution is -0.126. The van der Waals surface area contributed by atoms with Gasteiger partial charge in [0.15, 0.2) is 0 Å². The van der Waals surface area contributed by atoms with Crippen molar-refractivity contribution in [2.24, 2.45) is 0 Å². The van der Waals surface area contributed by atoms with Gasteiger partial charge in [-0.1, -0.05) is 6.08 Å². The molecular weight excluding hydrogens is 278 g/mol. The van der Waals surface area contributed by atoms with Gasteiger partial charge in [-0.3, -0.25) is 15.0 Å². The topological polar surface area (TPSA) is 73.2 Å². The molecule has 0 radical (unpaired) electrons. The highest BCUT2D eigenvalue weighted by molar-refractivity contribution is 7.16. The van der Waals surface area contributed by atoms with Gasteiger partial charge in [0.05, 0.1) is 12.0 Å². The Balaban J connectivity index is 2.27. The van der Waals surface area contributed by atoms with Crippen LogP contribution in [-0.4, -0.2) is 28.3 Å². The van der Waals surface area contributed by atoms with Crippen molar-refractivity contribution in [3.8, 4) is 0 Å². The van der Waals surface area contributed by atoms with E-state index in [1.165, 1.54) is 11.3 Å². The third-order valence-corrected chi connectivity index (χ3v) is 3.53. The molecule has 1 N–H and O–H groups in total. The van der Waals surface area contributed by atoms with Gasteiger partial charge in [-0.25, -0.2) is 9.66 Å². The van der Waals surface area contributed by atoms with Gasteiger partial charge in [0, 0.05) is 0 Å². The summed E-state index contributed by atoms with van der Waals surface area (Å²) in [5.41, 5.74) is 2.22. The van der Waals surface area contributed by atoms with Crippen LogP contribution in [0.4, 0.5) is 0 Å². The highest BCUT2D eigenvalue weighted by Gasteiger charge is 2.16. The summed E-state index contributed by atoms with van der Waals surface area (Å²) < 4.78 is 6.36. The van der Waals surface area contributed by atoms with Crippen LogP contribution in [-0.2, 0) is 9.53 Å². The number of thiophene rings is 1. The average molecular weight is 293 g/mol. The number of amides is 1. The average Bonchev–Trinajstić information content (AvgIpc) is 2.88. The van der Waals surface area contributed by atoms with Gasteiger partial charge in [0.1, 0.15) is 16.8 Å². The van der Waals surface area contributed by atoms with Gasteiger partial charge in [-0.2, -0.15) is 0 Å². The van der Waals surface area contributed by atoms with E-state index < -0.39 is 12.0 Å². The molecule has 20 heavy (non-hydrogen) atoms. The number of carbonyl (C=O) groups excluding carboxylic acids is 1. The molecule has 2 aromatic heterocycles. The summed E-state index contributed by atoms with van der Waals surface area (Å²) in [6.45, 7) is 7.05. The number of hydrogen-bond donors (Lipinski definition) is 1. The molecule has 1 atom stereocenters. The van der Waals surface area contributed by atoms with Crippen LogP contribution in [0.1, 0.15) is 12.7 Å². The Hall–Kier alpha value is -1.99. The van der Waals surface area contributed by atoms with Crippen molar-refractivity contribution in [2.75, 3.05) is 12.0 Å². The SMILES string of the molecule is C=CCO[C@@H](C)C(=O)Nn1c(C)nc2sccc2c1=O. The molecule has 0 aliphatic carbocycles. The molecule has 0 aliphatic heterocycles. The number of fused-ring (bicyclic) bond motifs is 1. The van der Waals surface area contributed by atoms with Gasteiger partial charge >= 0.3 is 0 Å². The summed E-state index contributed by atoms with van der Waals surface area (Å²) in [5.74, 6) is 0.0163. The first-order valence-electron chi connectivity index (χ1n) is 6.05. The number of nitrogens with zero attached hydrogens (tertiary/aromatic N) is 2. The lowest BCUT2D eigenvalue weighted by Crippen LogP contribution is -2.40. The van der Waals surface area contributed by atoms with E-state index in [4.69, 9.17) is 4.74 Å². The maximum absolute atomic E-state index is 12.2. The number of aryl methyl sites for hydroxylation is 1. The fraction of sp³-hybridized carbons (Fsp3) is 0.308. The zero-order valence-corrected chi connectivity index (χ0v) is 12.1. The number of rotatable bonds is 5. The maximum atomic E-state index is 12.2. The van der Waals surface area contributed by atoms with E-state index in [0.717, 1.165) is 4.68 Å². The molecule has 0 aromatic carbocycles. The molecule has 0 saturated heterocycles. The van der Waals surface area contributed by atoms with Crippen LogP contribution in [0.2, 0.25) is 0 Å². The first-order valence-corrected chi connectivity index (χ1v) is 6.92. The standard InChI is InChI=1S/C13H15N3O3S/c1-4-6-19-8(2)11(17)15-16-9(3)14-12-10(13(16)18)5-7-20-12/h4-5,7-8H,1,6H2,2-3H3,(H,15,17)/t8-/m0/s1. The normalized spacial score (nSPS) is 12.3. The molecule has 7 heteroatoms. The van der Waals surface area contributed by atoms with Gasteiger partial charge in [0.2, 0.25) is 0 Å². The molecule has 0 bridgehead atoms. The second-order valence-corrected chi connectivity index (χ2v) is 5.07. The number of hydrogen-bond acceptors (Lipinski definition) is 5. The van der Waals surface area contributed by atoms with E-state index in [1.807, 2.05) is 0 Å². The summed E-state index contributed by atoms with van der Waals surface area (Å²) in [7, 11) is 0. The number of nitrogens with one attached hydrogen (secondary N) is 1. The maximum Gasteiger partial charge on any atom is 0.281 e. The zero-order chi connectivity index (χ0) is 14.7. The van der Waals surface area contributed by atoms with Gasteiger partial charge in [-0.15, -0.1) is 17.9 Å². The predicted octanol–water partition coefficient (Wildman–Crippen LogP) is 1.43. The lowest BCUT2D eigenvalue weighted by Gasteiger charge is -2.15. The number of aromatic nitrogens is 2. The minimum atomic E-state index is -0.683. The molecule has 0 unspecified atom stereocenters. The Kier molecular flexibility index (Phi) is 4.31. The smallest absolute Gasteiger partial charge is 0.281 e. The third-order valence-electron chi connectivity index (χ3n) is 2.72. The Labute approximate surface area is 119 Å². The Morgan fingerprint density at radius 1 is 1.70 bits per heavy atom. The molecule has 0 aliphatic rings. The van der Waals surface area contributed by atoms with Crippen LogP contribution in [0.25, 0.3) is 10.2 Å². The minimum absolute atomic E-state index is 0.268. The van der Waals surface area contributed by atoms with E-state index in [-0.39, 0.29) is 12.2 Å². The van der Waals surface area contributed by atoms with Crippen molar-refractivity contribution in [2.45, 2.75) is 20.0 Å². The molecule has 1 amide bonds. The molecule has 2 heterocycles. The van der Waals surface area contributed by atoms with Crippen molar-refractivity contribution >= 4 is 27.5 Å². The largest absolute Gasteiger partial charge is 0.365 e. The monoisotopic (exact) mass is 293 g/mol. The summed E-state index contributed by atoms with van der Waals surface area (Å²) >= 11 is 1.39. The van der Waals surface area contributed by atoms with Crippen molar-refractivity contribution < 1.29 is 9.53 Å². The first-order chi connectivity index (χ1) is 9.54. The number of carbonyl (C=O) groups is 1. The van der Waals surface area contributed by atoms with Gasteiger partial charge in [0.25, 0.3) is 11.5 Å². The third kappa shape index (κ3) is 2.78. The van der Waals surface area contributed by atoms with Gasteiger partial charge in [-0.05, 0) is 25.3 Å². The molecule has 6 nitrogen and oxygen atoms in total. The highest BCUT2D eigenvalue weighted by atomic mass is 32.1. The lowest BCUT2D eigenvalue weighted by atomic mass is 10.4. The summed E-state index contributed by atoms with van der Waals surface area (Å²) in [4.78, 5) is 29.1. The van der Waals surface area contributed by atoms with Gasteiger partial charge < -0.3 is 4.74 Å². The minimum Gasteiger partial charge on any atom is -0.365 e. The second kappa shape index (κ2) is 5.98. The second-order valence-electron chi connectivity index (χ2n) is 4.18. The van der Waals surface area contributed by atoms with E-state index in [0.29, 0.717) is 16.0 Å². The summed E-state index contributed by atoms with van der Waals surface area (Å²) in [6.07, 6.45) is 0.873. The molecular formula is C13H15N3O3S. The molecule has 0 fully saturated rings. The van der Waals surface area contributed by atoms with Crippen LogP contribution < -0.4 is 11.0 Å². The van der Waals surface area contributed by atoms with Crippen molar-refractivity contribution in [1.29, 1.82) is 0 Å². The van der Waals surface area contributed by atoms with Crippen molar-refractivity contribution in [1.82, 2.24) is 9.66 Å². The van der Waals surface area contributed by atoms with Crippen LogP contribution >= 0.6 is 11.3 Å². The molecule has 2 aromatic rings. The quantitative estimate of drug-likeness (QED) is 0.846. The van der Waals surface area contributed by atoms with Crippen molar-refractivity contribution in [3.05, 3.63) is 40.3 Å². The van der Waals surface area contributed by atoms with Crippen LogP contribution in [0.15, 0.2) is 28.9 Å². The highest BCUT2D eigenvalue weighted by Crippen LogP contribution is 2.14. The molecule has 2 rings (SSSR count). The zero-order valence-electron chi connectivity index (χ0n) is 11.3. The van der Waals surface area contributed by atoms with E-state index in [9.17, 15) is 9.59 Å². The Morgan fingerprint density at radius 3 is 3.15 bits per heavy atom. The van der Waals surface area contributed by atoms with E-state index >= 15 is 0 Å². The van der Waals surface area contributed by atoms with Crippen LogP contribution in [0.3, 0.4) is 0 Å². The van der Waals surface area contributed by atoms with Crippen LogP contribution in [0.5, 0.6) is 0 Å².